The van der Waals surface area contributed by atoms with Gasteiger partial charge in [0.2, 0.25) is 10.0 Å². The van der Waals surface area contributed by atoms with E-state index in [1.54, 1.807) is 13.8 Å². The lowest BCUT2D eigenvalue weighted by atomic mass is 9.77. The van der Waals surface area contributed by atoms with Crippen molar-refractivity contribution in [3.8, 4) is 0 Å². The van der Waals surface area contributed by atoms with Gasteiger partial charge in [-0.2, -0.15) is 4.31 Å². The van der Waals surface area contributed by atoms with Crippen molar-refractivity contribution in [3.63, 3.8) is 0 Å². The lowest BCUT2D eigenvalue weighted by molar-refractivity contribution is -0.147. The fraction of sp³-hybridized carbons (Fsp3) is 0.500. The highest BCUT2D eigenvalue weighted by Crippen LogP contribution is 2.38. The molecule has 116 valence electrons. The second-order valence-corrected chi connectivity index (χ2v) is 7.80. The number of sulfonamides is 1. The summed E-state index contributed by atoms with van der Waals surface area (Å²) in [7, 11) is -4.04. The van der Waals surface area contributed by atoms with Crippen LogP contribution in [0.1, 0.15) is 26.7 Å². The maximum Gasteiger partial charge on any atom is 0.322 e. The van der Waals surface area contributed by atoms with Crippen molar-refractivity contribution in [2.24, 2.45) is 5.41 Å². The number of piperidine rings is 1. The highest BCUT2D eigenvalue weighted by molar-refractivity contribution is 7.89. The van der Waals surface area contributed by atoms with Crippen LogP contribution in [-0.4, -0.2) is 36.4 Å². The number of hydrogen-bond acceptors (Lipinski definition) is 3. The fourth-order valence-corrected chi connectivity index (χ4v) is 4.63. The SMILES string of the molecule is CC1(C)CCCN(S(=O)(=O)c2cccc(F)c2)C1C(=O)O. The Hall–Kier alpha value is -1.47. The molecule has 1 aliphatic heterocycles. The second-order valence-electron chi connectivity index (χ2n) is 5.91. The zero-order chi connectivity index (χ0) is 15.8. The van der Waals surface area contributed by atoms with Gasteiger partial charge in [-0.3, -0.25) is 4.79 Å². The Bertz CT molecular complexity index is 657. The Balaban J connectivity index is 2.49. The molecule has 0 radical (unpaired) electrons. The molecule has 1 fully saturated rings. The van der Waals surface area contributed by atoms with Crippen molar-refractivity contribution in [2.75, 3.05) is 6.54 Å². The number of hydrogen-bond donors (Lipinski definition) is 1. The molecule has 21 heavy (non-hydrogen) atoms. The third-order valence-corrected chi connectivity index (χ3v) is 5.72. The van der Waals surface area contributed by atoms with E-state index in [2.05, 4.69) is 0 Å². The van der Waals surface area contributed by atoms with Crippen LogP contribution < -0.4 is 0 Å². The molecule has 0 amide bonds. The molecule has 1 saturated heterocycles. The number of carboxylic acid groups (broad SMARTS) is 1. The van der Waals surface area contributed by atoms with E-state index < -0.39 is 33.3 Å². The summed E-state index contributed by atoms with van der Waals surface area (Å²) < 4.78 is 39.5. The molecule has 1 aromatic rings. The highest BCUT2D eigenvalue weighted by atomic mass is 32.2. The number of carboxylic acids is 1. The smallest absolute Gasteiger partial charge is 0.322 e. The van der Waals surface area contributed by atoms with E-state index >= 15 is 0 Å². The molecule has 0 aromatic heterocycles. The molecule has 1 unspecified atom stereocenters. The van der Waals surface area contributed by atoms with Crippen LogP contribution in [0.15, 0.2) is 29.2 Å². The van der Waals surface area contributed by atoms with Crippen LogP contribution >= 0.6 is 0 Å². The van der Waals surface area contributed by atoms with Crippen LogP contribution in [0, 0.1) is 11.2 Å². The van der Waals surface area contributed by atoms with Crippen molar-refractivity contribution in [1.29, 1.82) is 0 Å². The zero-order valence-corrected chi connectivity index (χ0v) is 12.7. The lowest BCUT2D eigenvalue weighted by Crippen LogP contribution is -2.56. The van der Waals surface area contributed by atoms with Gasteiger partial charge in [-0.1, -0.05) is 19.9 Å². The minimum Gasteiger partial charge on any atom is -0.480 e. The Kier molecular flexibility index (Phi) is 4.08. The minimum absolute atomic E-state index is 0.124. The molecule has 1 N–H and O–H groups in total. The summed E-state index contributed by atoms with van der Waals surface area (Å²) in [4.78, 5) is 11.3. The quantitative estimate of drug-likeness (QED) is 0.927. The van der Waals surface area contributed by atoms with E-state index in [0.29, 0.717) is 12.8 Å². The molecule has 1 aromatic carbocycles. The van der Waals surface area contributed by atoms with Crippen molar-refractivity contribution in [1.82, 2.24) is 4.31 Å². The minimum atomic E-state index is -4.04. The summed E-state index contributed by atoms with van der Waals surface area (Å²) in [5.41, 5.74) is -0.676. The van der Waals surface area contributed by atoms with Gasteiger partial charge in [-0.25, -0.2) is 12.8 Å². The molecular formula is C14H18FNO4S. The third-order valence-electron chi connectivity index (χ3n) is 3.86. The van der Waals surface area contributed by atoms with E-state index in [9.17, 15) is 22.7 Å². The molecule has 1 heterocycles. The summed E-state index contributed by atoms with van der Waals surface area (Å²) in [5, 5.41) is 9.43. The Labute approximate surface area is 123 Å². The molecule has 1 aliphatic rings. The van der Waals surface area contributed by atoms with Crippen molar-refractivity contribution in [3.05, 3.63) is 30.1 Å². The standard InChI is InChI=1S/C14H18FNO4S/c1-14(2)7-4-8-16(12(14)13(17)18)21(19,20)11-6-3-5-10(15)9-11/h3,5-6,9,12H,4,7-8H2,1-2H3,(H,17,18). The number of carbonyl (C=O) groups is 1. The number of rotatable bonds is 3. The average molecular weight is 315 g/mol. The van der Waals surface area contributed by atoms with Crippen LogP contribution in [0.3, 0.4) is 0 Å². The Morgan fingerprint density at radius 3 is 2.67 bits per heavy atom. The van der Waals surface area contributed by atoms with Gasteiger partial charge in [0.25, 0.3) is 0 Å². The largest absolute Gasteiger partial charge is 0.480 e. The number of nitrogens with zero attached hydrogens (tertiary/aromatic N) is 1. The first-order chi connectivity index (χ1) is 9.66. The van der Waals surface area contributed by atoms with Crippen molar-refractivity contribution >= 4 is 16.0 Å². The van der Waals surface area contributed by atoms with Crippen molar-refractivity contribution in [2.45, 2.75) is 37.6 Å². The molecule has 0 aliphatic carbocycles. The first-order valence-corrected chi connectivity index (χ1v) is 8.10. The average Bonchev–Trinajstić information content (AvgIpc) is 2.36. The molecule has 0 bridgehead atoms. The summed E-state index contributed by atoms with van der Waals surface area (Å²) in [6.07, 6.45) is 1.20. The molecule has 7 heteroatoms. The van der Waals surface area contributed by atoms with Gasteiger partial charge >= 0.3 is 5.97 Å². The summed E-state index contributed by atoms with van der Waals surface area (Å²) in [6, 6.07) is 3.48. The molecular weight excluding hydrogens is 297 g/mol. The second kappa shape index (κ2) is 5.38. The van der Waals surface area contributed by atoms with Gasteiger partial charge in [-0.05, 0) is 36.5 Å². The Morgan fingerprint density at radius 1 is 1.43 bits per heavy atom. The van der Waals surface area contributed by atoms with Gasteiger partial charge in [0.1, 0.15) is 11.9 Å². The predicted molar refractivity (Wildman–Crippen MR) is 74.7 cm³/mol. The summed E-state index contributed by atoms with van der Waals surface area (Å²) in [6.45, 7) is 3.59. The first kappa shape index (κ1) is 15.9. The highest BCUT2D eigenvalue weighted by Gasteiger charge is 2.47. The van der Waals surface area contributed by atoms with E-state index in [1.165, 1.54) is 12.1 Å². The number of halogens is 1. The van der Waals surface area contributed by atoms with Gasteiger partial charge in [0, 0.05) is 6.54 Å². The van der Waals surface area contributed by atoms with E-state index in [0.717, 1.165) is 16.4 Å². The van der Waals surface area contributed by atoms with Gasteiger partial charge < -0.3 is 5.11 Å². The lowest BCUT2D eigenvalue weighted by Gasteiger charge is -2.42. The van der Waals surface area contributed by atoms with E-state index in [-0.39, 0.29) is 11.4 Å². The normalized spacial score (nSPS) is 22.9. The molecule has 2 rings (SSSR count). The maximum atomic E-state index is 13.3. The maximum absolute atomic E-state index is 13.3. The monoisotopic (exact) mass is 315 g/mol. The van der Waals surface area contributed by atoms with Gasteiger partial charge in [0.05, 0.1) is 4.90 Å². The van der Waals surface area contributed by atoms with E-state index in [4.69, 9.17) is 0 Å². The van der Waals surface area contributed by atoms with Crippen LogP contribution in [0.2, 0.25) is 0 Å². The van der Waals surface area contributed by atoms with Crippen LogP contribution in [0.25, 0.3) is 0 Å². The fourth-order valence-electron chi connectivity index (χ4n) is 2.83. The molecule has 0 saturated carbocycles. The molecule has 0 spiro atoms. The van der Waals surface area contributed by atoms with Crippen LogP contribution in [0.4, 0.5) is 4.39 Å². The van der Waals surface area contributed by atoms with Crippen LogP contribution in [0.5, 0.6) is 0 Å². The number of aliphatic carboxylic acids is 1. The first-order valence-electron chi connectivity index (χ1n) is 6.66. The molecule has 5 nitrogen and oxygen atoms in total. The topological polar surface area (TPSA) is 74.7 Å². The zero-order valence-electron chi connectivity index (χ0n) is 11.9. The third kappa shape index (κ3) is 2.94. The van der Waals surface area contributed by atoms with E-state index in [1.807, 2.05) is 0 Å². The van der Waals surface area contributed by atoms with Crippen molar-refractivity contribution < 1.29 is 22.7 Å². The predicted octanol–water partition coefficient (Wildman–Crippen LogP) is 2.09. The van der Waals surface area contributed by atoms with Crippen LogP contribution in [-0.2, 0) is 14.8 Å². The summed E-state index contributed by atoms with van der Waals surface area (Å²) >= 11 is 0. The van der Waals surface area contributed by atoms with Gasteiger partial charge in [0.15, 0.2) is 0 Å². The Morgan fingerprint density at radius 2 is 2.10 bits per heavy atom. The number of benzene rings is 1. The molecule has 1 atom stereocenters. The van der Waals surface area contributed by atoms with Gasteiger partial charge in [-0.15, -0.1) is 0 Å². The summed E-state index contributed by atoms with van der Waals surface area (Å²) in [5.74, 6) is -1.85.